The molecule has 0 N–H and O–H groups in total. The van der Waals surface area contributed by atoms with Crippen LogP contribution in [0.3, 0.4) is 0 Å². The third kappa shape index (κ3) is 2.19. The lowest BCUT2D eigenvalue weighted by atomic mass is 10.1. The van der Waals surface area contributed by atoms with Gasteiger partial charge in [-0.2, -0.15) is 0 Å². The summed E-state index contributed by atoms with van der Waals surface area (Å²) in [6, 6.07) is 6.42. The fraction of sp³-hybridized carbons (Fsp3) is 0.462. The molecule has 0 bridgehead atoms. The second kappa shape index (κ2) is 4.96. The summed E-state index contributed by atoms with van der Waals surface area (Å²) in [5.74, 6) is 0. The van der Waals surface area contributed by atoms with Gasteiger partial charge in [0.2, 0.25) is 0 Å². The second-order valence-corrected chi connectivity index (χ2v) is 4.60. The van der Waals surface area contributed by atoms with E-state index in [-0.39, 0.29) is 6.04 Å². The summed E-state index contributed by atoms with van der Waals surface area (Å²) in [7, 11) is 2.07. The van der Waals surface area contributed by atoms with E-state index >= 15 is 0 Å². The van der Waals surface area contributed by atoms with Crippen LogP contribution in [-0.4, -0.2) is 34.4 Å². The first-order chi connectivity index (χ1) is 8.84. The highest BCUT2D eigenvalue weighted by Crippen LogP contribution is 2.25. The molecule has 0 unspecified atom stereocenters. The zero-order valence-corrected chi connectivity index (χ0v) is 10.5. The van der Waals surface area contributed by atoms with Crippen LogP contribution in [0.5, 0.6) is 0 Å². The maximum absolute atomic E-state index is 5.61. The van der Waals surface area contributed by atoms with E-state index in [2.05, 4.69) is 40.0 Å². The average molecular weight is 247 g/mol. The first-order valence-corrected chi connectivity index (χ1v) is 6.17. The topological polar surface area (TPSA) is 43.4 Å². The molecule has 0 aliphatic carbocycles. The third-order valence-corrected chi connectivity index (χ3v) is 3.42. The van der Waals surface area contributed by atoms with Gasteiger partial charge in [0.05, 0.1) is 24.9 Å². The van der Waals surface area contributed by atoms with Crippen LogP contribution in [0, 0.1) is 0 Å². The monoisotopic (exact) mass is 247 g/mol. The summed E-state index contributed by atoms with van der Waals surface area (Å²) in [4.78, 5) is 2.39. The molecule has 1 fully saturated rings. The smallest absolute Gasteiger partial charge is 0.124 e. The van der Waals surface area contributed by atoms with Crippen molar-refractivity contribution in [3.05, 3.63) is 42.0 Å². The van der Waals surface area contributed by atoms with Crippen molar-refractivity contribution >= 4 is 0 Å². The average Bonchev–Trinajstić information content (AvgIpc) is 3.02. The van der Waals surface area contributed by atoms with Crippen LogP contribution < -0.4 is 0 Å². The number of hydrogen-bond donors (Lipinski definition) is 0. The molecule has 5 heteroatoms. The maximum atomic E-state index is 5.61. The van der Waals surface area contributed by atoms with Crippen molar-refractivity contribution in [3.8, 4) is 0 Å². The van der Waals surface area contributed by atoms with E-state index in [0.29, 0.717) is 0 Å². The number of ether oxygens (including phenoxy) is 1. The largest absolute Gasteiger partial charge is 0.378 e. The molecular formula is C13H17N3O2. The Labute approximate surface area is 106 Å². The molecule has 1 aliphatic rings. The quantitative estimate of drug-likeness (QED) is 0.826. The van der Waals surface area contributed by atoms with Crippen molar-refractivity contribution < 1.29 is 9.26 Å². The van der Waals surface area contributed by atoms with Crippen LogP contribution in [0.4, 0.5) is 0 Å². The SMILES string of the molecule is Cn1cccc1[C@H]1COCCN1Cc1ccon1. The van der Waals surface area contributed by atoms with Crippen molar-refractivity contribution in [2.75, 3.05) is 19.8 Å². The highest BCUT2D eigenvalue weighted by molar-refractivity contribution is 5.13. The van der Waals surface area contributed by atoms with E-state index in [1.165, 1.54) is 5.69 Å². The van der Waals surface area contributed by atoms with Crippen LogP contribution in [0.2, 0.25) is 0 Å². The summed E-state index contributed by atoms with van der Waals surface area (Å²) in [5.41, 5.74) is 2.24. The van der Waals surface area contributed by atoms with Crippen LogP contribution in [-0.2, 0) is 18.3 Å². The number of nitrogens with zero attached hydrogens (tertiary/aromatic N) is 3. The van der Waals surface area contributed by atoms with E-state index in [0.717, 1.165) is 32.0 Å². The first-order valence-electron chi connectivity index (χ1n) is 6.17. The molecule has 1 saturated heterocycles. The van der Waals surface area contributed by atoms with Crippen molar-refractivity contribution in [3.63, 3.8) is 0 Å². The molecule has 0 spiro atoms. The second-order valence-electron chi connectivity index (χ2n) is 4.60. The maximum Gasteiger partial charge on any atom is 0.124 e. The predicted molar refractivity (Wildman–Crippen MR) is 65.9 cm³/mol. The lowest BCUT2D eigenvalue weighted by Gasteiger charge is -2.35. The minimum Gasteiger partial charge on any atom is -0.378 e. The Morgan fingerprint density at radius 2 is 2.39 bits per heavy atom. The van der Waals surface area contributed by atoms with Gasteiger partial charge in [-0.05, 0) is 12.1 Å². The predicted octanol–water partition coefficient (Wildman–Crippen LogP) is 1.59. The standard InChI is InChI=1S/C13H17N3O2/c1-15-5-2-3-12(15)13-10-17-8-6-16(13)9-11-4-7-18-14-11/h2-5,7,13H,6,8-10H2,1H3/t13-/m1/s1. The summed E-state index contributed by atoms with van der Waals surface area (Å²) < 4.78 is 12.7. The fourth-order valence-electron chi connectivity index (χ4n) is 2.45. The van der Waals surface area contributed by atoms with Gasteiger partial charge in [0.1, 0.15) is 6.26 Å². The molecule has 18 heavy (non-hydrogen) atoms. The zero-order valence-electron chi connectivity index (χ0n) is 10.5. The molecule has 1 aliphatic heterocycles. The van der Waals surface area contributed by atoms with E-state index in [1.54, 1.807) is 6.26 Å². The van der Waals surface area contributed by atoms with Crippen molar-refractivity contribution in [1.82, 2.24) is 14.6 Å². The Morgan fingerprint density at radius 1 is 1.44 bits per heavy atom. The molecule has 5 nitrogen and oxygen atoms in total. The summed E-state index contributed by atoms with van der Waals surface area (Å²) in [6.07, 6.45) is 3.69. The normalized spacial score (nSPS) is 21.3. The van der Waals surface area contributed by atoms with Gasteiger partial charge in [-0.25, -0.2) is 0 Å². The minimum atomic E-state index is 0.287. The van der Waals surface area contributed by atoms with Crippen LogP contribution in [0.1, 0.15) is 17.4 Å². The molecule has 3 rings (SSSR count). The fourth-order valence-corrected chi connectivity index (χ4v) is 2.45. The van der Waals surface area contributed by atoms with E-state index < -0.39 is 0 Å². The van der Waals surface area contributed by atoms with Gasteiger partial charge >= 0.3 is 0 Å². The Morgan fingerprint density at radius 3 is 3.11 bits per heavy atom. The van der Waals surface area contributed by atoms with Gasteiger partial charge in [0.25, 0.3) is 0 Å². The van der Waals surface area contributed by atoms with E-state index in [4.69, 9.17) is 9.26 Å². The molecular weight excluding hydrogens is 230 g/mol. The molecule has 2 aromatic heterocycles. The van der Waals surface area contributed by atoms with Gasteiger partial charge < -0.3 is 13.8 Å². The van der Waals surface area contributed by atoms with Gasteiger partial charge in [0, 0.05) is 38.1 Å². The number of rotatable bonds is 3. The van der Waals surface area contributed by atoms with Gasteiger partial charge in [-0.3, -0.25) is 4.90 Å². The Hall–Kier alpha value is -1.59. The molecule has 3 heterocycles. The van der Waals surface area contributed by atoms with Crippen LogP contribution in [0.25, 0.3) is 0 Å². The minimum absolute atomic E-state index is 0.287. The molecule has 96 valence electrons. The van der Waals surface area contributed by atoms with Crippen LogP contribution >= 0.6 is 0 Å². The zero-order chi connectivity index (χ0) is 12.4. The Balaban J connectivity index is 1.80. The van der Waals surface area contributed by atoms with Crippen molar-refractivity contribution in [1.29, 1.82) is 0 Å². The summed E-state index contributed by atoms with van der Waals surface area (Å²) >= 11 is 0. The number of hydrogen-bond acceptors (Lipinski definition) is 4. The van der Waals surface area contributed by atoms with Crippen molar-refractivity contribution in [2.45, 2.75) is 12.6 Å². The highest BCUT2D eigenvalue weighted by Gasteiger charge is 2.26. The molecule has 0 radical (unpaired) electrons. The summed E-state index contributed by atoms with van der Waals surface area (Å²) in [6.45, 7) is 3.23. The Bertz CT molecular complexity index is 492. The van der Waals surface area contributed by atoms with Gasteiger partial charge in [-0.1, -0.05) is 5.16 Å². The first kappa shape index (κ1) is 11.5. The third-order valence-electron chi connectivity index (χ3n) is 3.42. The number of morpholine rings is 1. The molecule has 2 aromatic rings. The van der Waals surface area contributed by atoms with Gasteiger partial charge in [-0.15, -0.1) is 0 Å². The lowest BCUT2D eigenvalue weighted by Crippen LogP contribution is -2.39. The molecule has 0 aromatic carbocycles. The van der Waals surface area contributed by atoms with Gasteiger partial charge in [0.15, 0.2) is 0 Å². The van der Waals surface area contributed by atoms with Crippen molar-refractivity contribution in [2.24, 2.45) is 7.05 Å². The van der Waals surface area contributed by atoms with E-state index in [1.807, 2.05) is 6.07 Å². The molecule has 0 amide bonds. The Kier molecular flexibility index (Phi) is 3.17. The lowest BCUT2D eigenvalue weighted by molar-refractivity contribution is -0.0160. The van der Waals surface area contributed by atoms with E-state index in [9.17, 15) is 0 Å². The number of aromatic nitrogens is 2. The molecule has 0 saturated carbocycles. The highest BCUT2D eigenvalue weighted by atomic mass is 16.5. The van der Waals surface area contributed by atoms with Crippen LogP contribution in [0.15, 0.2) is 35.2 Å². The molecule has 1 atom stereocenters. The number of aryl methyl sites for hydroxylation is 1. The summed E-state index contributed by atoms with van der Waals surface area (Å²) in [5, 5.41) is 3.98.